The minimum absolute atomic E-state index is 0.0110. The van der Waals surface area contributed by atoms with Crippen LogP contribution in [0, 0.1) is 12.8 Å². The standard InChI is InChI=1S/C28H30N10O3/c1-5-17-8-21(38-13-24(39)36(4)28(38)41)26-34-20(12-37(26)11-17)16(3)33-22-10-23(31-14-30-22)35-27(40)19-9-18(19)25-29-7-6-15(2)32-25/h6-8,10-12,14,16,18-19H,5,9,13H2,1-4H3,(H2,30,31,33,35,40)/t16-,18+,19+/m1/s1. The number of nitrogens with zero attached hydrogens (tertiary/aromatic N) is 8. The Morgan fingerprint density at radius 1 is 1.12 bits per heavy atom. The van der Waals surface area contributed by atoms with Crippen LogP contribution < -0.4 is 15.5 Å². The van der Waals surface area contributed by atoms with E-state index in [9.17, 15) is 14.4 Å². The van der Waals surface area contributed by atoms with E-state index in [0.29, 0.717) is 40.9 Å². The third kappa shape index (κ3) is 5.06. The van der Waals surface area contributed by atoms with Crippen molar-refractivity contribution in [3.05, 3.63) is 65.9 Å². The summed E-state index contributed by atoms with van der Waals surface area (Å²) in [4.78, 5) is 62.4. The molecule has 210 valence electrons. The van der Waals surface area contributed by atoms with E-state index in [1.807, 2.05) is 49.7 Å². The number of rotatable bonds is 8. The number of amides is 4. The van der Waals surface area contributed by atoms with Crippen LogP contribution in [0.4, 0.5) is 22.1 Å². The van der Waals surface area contributed by atoms with Crippen LogP contribution in [0.1, 0.15) is 55.0 Å². The molecule has 0 bridgehead atoms. The van der Waals surface area contributed by atoms with Gasteiger partial charge in [-0.25, -0.2) is 29.7 Å². The Hall–Kier alpha value is -4.94. The van der Waals surface area contributed by atoms with Gasteiger partial charge in [0.05, 0.1) is 17.4 Å². The Bertz CT molecular complexity index is 1680. The molecule has 1 saturated heterocycles. The molecule has 3 atom stereocenters. The fraction of sp³-hybridized carbons (Fsp3) is 0.357. The molecule has 0 aromatic carbocycles. The highest BCUT2D eigenvalue weighted by atomic mass is 16.2. The molecular formula is C28H30N10O3. The van der Waals surface area contributed by atoms with Crippen LogP contribution in [-0.2, 0) is 16.0 Å². The molecular weight excluding hydrogens is 524 g/mol. The SMILES string of the molecule is CCc1cc(N2CC(=O)N(C)C2=O)c2nc([C@@H](C)Nc3cc(NC(=O)[C@H]4C[C@@H]4c4nccc(C)n4)ncn3)cn2c1. The zero-order valence-corrected chi connectivity index (χ0v) is 23.2. The average Bonchev–Trinajstić information content (AvgIpc) is 3.58. The number of urea groups is 1. The van der Waals surface area contributed by atoms with Crippen molar-refractivity contribution in [1.29, 1.82) is 0 Å². The first-order chi connectivity index (χ1) is 19.7. The van der Waals surface area contributed by atoms with Gasteiger partial charge in [-0.1, -0.05) is 6.92 Å². The van der Waals surface area contributed by atoms with Crippen LogP contribution in [0.2, 0.25) is 0 Å². The minimum Gasteiger partial charge on any atom is -0.362 e. The number of carbonyl (C=O) groups excluding carboxylic acids is 3. The van der Waals surface area contributed by atoms with Crippen molar-refractivity contribution in [1.82, 2.24) is 34.2 Å². The van der Waals surface area contributed by atoms with E-state index in [2.05, 4.69) is 30.6 Å². The first-order valence-electron chi connectivity index (χ1n) is 13.5. The third-order valence-corrected chi connectivity index (χ3v) is 7.49. The molecule has 6 rings (SSSR count). The van der Waals surface area contributed by atoms with Gasteiger partial charge >= 0.3 is 6.03 Å². The van der Waals surface area contributed by atoms with Crippen molar-refractivity contribution in [2.24, 2.45) is 5.92 Å². The monoisotopic (exact) mass is 554 g/mol. The molecule has 5 heterocycles. The molecule has 0 spiro atoms. The number of carbonyl (C=O) groups is 3. The number of aromatic nitrogens is 6. The minimum atomic E-state index is -0.375. The van der Waals surface area contributed by atoms with Crippen molar-refractivity contribution < 1.29 is 14.4 Å². The quantitative estimate of drug-likeness (QED) is 0.313. The molecule has 4 amide bonds. The highest BCUT2D eigenvalue weighted by Gasteiger charge is 2.46. The summed E-state index contributed by atoms with van der Waals surface area (Å²) >= 11 is 0. The number of hydrogen-bond acceptors (Lipinski definition) is 9. The Kier molecular flexibility index (Phi) is 6.56. The summed E-state index contributed by atoms with van der Waals surface area (Å²) in [5.74, 6) is 1.03. The normalized spacial score (nSPS) is 19.1. The summed E-state index contributed by atoms with van der Waals surface area (Å²) in [7, 11) is 1.48. The molecule has 1 aliphatic heterocycles. The highest BCUT2D eigenvalue weighted by molar-refractivity contribution is 6.13. The van der Waals surface area contributed by atoms with Crippen LogP contribution in [0.25, 0.3) is 5.65 Å². The predicted octanol–water partition coefficient (Wildman–Crippen LogP) is 3.10. The molecule has 13 heteroatoms. The molecule has 1 saturated carbocycles. The topological polar surface area (TPSA) is 151 Å². The highest BCUT2D eigenvalue weighted by Crippen LogP contribution is 2.46. The maximum atomic E-state index is 12.8. The summed E-state index contributed by atoms with van der Waals surface area (Å²) in [6, 6.07) is 4.77. The zero-order valence-electron chi connectivity index (χ0n) is 23.2. The van der Waals surface area contributed by atoms with E-state index >= 15 is 0 Å². The van der Waals surface area contributed by atoms with Gasteiger partial charge in [0.15, 0.2) is 5.65 Å². The predicted molar refractivity (Wildman–Crippen MR) is 150 cm³/mol. The number of anilines is 3. The van der Waals surface area contributed by atoms with Crippen molar-refractivity contribution in [3.8, 4) is 0 Å². The summed E-state index contributed by atoms with van der Waals surface area (Å²) < 4.78 is 1.88. The fourth-order valence-corrected chi connectivity index (χ4v) is 4.98. The van der Waals surface area contributed by atoms with Gasteiger partial charge in [0.1, 0.15) is 30.3 Å². The van der Waals surface area contributed by atoms with E-state index in [4.69, 9.17) is 4.98 Å². The molecule has 13 nitrogen and oxygen atoms in total. The Balaban J connectivity index is 1.17. The van der Waals surface area contributed by atoms with Crippen LogP contribution in [-0.4, -0.2) is 65.7 Å². The van der Waals surface area contributed by atoms with Gasteiger partial charge in [-0.05, 0) is 44.4 Å². The maximum absolute atomic E-state index is 12.8. The zero-order chi connectivity index (χ0) is 28.8. The van der Waals surface area contributed by atoms with Crippen molar-refractivity contribution in [3.63, 3.8) is 0 Å². The van der Waals surface area contributed by atoms with Gasteiger partial charge in [0.2, 0.25) is 11.8 Å². The first kappa shape index (κ1) is 26.3. The first-order valence-corrected chi connectivity index (χ1v) is 13.5. The van der Waals surface area contributed by atoms with E-state index < -0.39 is 0 Å². The molecule has 2 N–H and O–H groups in total. The van der Waals surface area contributed by atoms with Gasteiger partial charge in [-0.2, -0.15) is 0 Å². The maximum Gasteiger partial charge on any atom is 0.331 e. The number of imidazole rings is 1. The van der Waals surface area contributed by atoms with Crippen LogP contribution in [0.15, 0.2) is 43.1 Å². The van der Waals surface area contributed by atoms with Gasteiger partial charge < -0.3 is 15.0 Å². The molecule has 0 radical (unpaired) electrons. The lowest BCUT2D eigenvalue weighted by Gasteiger charge is -2.16. The molecule has 4 aromatic heterocycles. The number of hydrogen-bond donors (Lipinski definition) is 2. The number of pyridine rings is 1. The number of aryl methyl sites for hydroxylation is 2. The van der Waals surface area contributed by atoms with Crippen LogP contribution in [0.5, 0.6) is 0 Å². The third-order valence-electron chi connectivity index (χ3n) is 7.49. The largest absolute Gasteiger partial charge is 0.362 e. The second kappa shape index (κ2) is 10.2. The summed E-state index contributed by atoms with van der Waals surface area (Å²) in [6.45, 7) is 5.85. The van der Waals surface area contributed by atoms with Gasteiger partial charge in [-0.15, -0.1) is 0 Å². The summed E-state index contributed by atoms with van der Waals surface area (Å²) in [5, 5.41) is 6.20. The molecule has 2 aliphatic rings. The molecule has 2 fully saturated rings. The Morgan fingerprint density at radius 3 is 2.66 bits per heavy atom. The lowest BCUT2D eigenvalue weighted by atomic mass is 10.2. The van der Waals surface area contributed by atoms with E-state index in [0.717, 1.165) is 22.6 Å². The Labute approximate surface area is 236 Å². The molecule has 41 heavy (non-hydrogen) atoms. The molecule has 0 unspecified atom stereocenters. The van der Waals surface area contributed by atoms with Crippen molar-refractivity contribution in [2.45, 2.75) is 45.6 Å². The van der Waals surface area contributed by atoms with E-state index in [1.54, 1.807) is 12.3 Å². The number of fused-ring (bicyclic) bond motifs is 1. The van der Waals surface area contributed by atoms with Gasteiger partial charge in [0.25, 0.3) is 0 Å². The fourth-order valence-electron chi connectivity index (χ4n) is 4.98. The molecule has 4 aromatic rings. The Morgan fingerprint density at radius 2 is 1.93 bits per heavy atom. The van der Waals surface area contributed by atoms with Crippen molar-refractivity contribution in [2.75, 3.05) is 29.1 Å². The van der Waals surface area contributed by atoms with E-state index in [-0.39, 0.29) is 42.3 Å². The number of imide groups is 1. The second-order valence-electron chi connectivity index (χ2n) is 10.5. The van der Waals surface area contributed by atoms with Crippen molar-refractivity contribution >= 4 is 40.8 Å². The van der Waals surface area contributed by atoms with Crippen LogP contribution >= 0.6 is 0 Å². The summed E-state index contributed by atoms with van der Waals surface area (Å²) in [6.07, 6.45) is 8.43. The molecule has 1 aliphatic carbocycles. The van der Waals surface area contributed by atoms with Gasteiger partial charge in [0, 0.05) is 49.2 Å². The van der Waals surface area contributed by atoms with Crippen LogP contribution in [0.3, 0.4) is 0 Å². The van der Waals surface area contributed by atoms with E-state index in [1.165, 1.54) is 18.3 Å². The lowest BCUT2D eigenvalue weighted by molar-refractivity contribution is -0.124. The van der Waals surface area contributed by atoms with Gasteiger partial charge in [-0.3, -0.25) is 19.4 Å². The summed E-state index contributed by atoms with van der Waals surface area (Å²) in [5.41, 5.74) is 3.77. The smallest absolute Gasteiger partial charge is 0.331 e. The lowest BCUT2D eigenvalue weighted by Crippen LogP contribution is -2.30. The number of nitrogens with one attached hydrogen (secondary N) is 2. The number of likely N-dealkylation sites (N-methyl/N-ethyl adjacent to an activating group) is 1. The second-order valence-corrected chi connectivity index (χ2v) is 10.5. The average molecular weight is 555 g/mol.